The van der Waals surface area contributed by atoms with E-state index in [2.05, 4.69) is 0 Å². The summed E-state index contributed by atoms with van der Waals surface area (Å²) in [6.45, 7) is 2.54. The van der Waals surface area contributed by atoms with Crippen LogP contribution in [-0.2, 0) is 13.0 Å². The molecule has 0 aliphatic heterocycles. The molecule has 0 saturated heterocycles. The van der Waals surface area contributed by atoms with E-state index in [1.807, 2.05) is 41.8 Å². The molecule has 0 aliphatic carbocycles. The van der Waals surface area contributed by atoms with E-state index in [1.54, 1.807) is 18.3 Å². The normalized spacial score (nSPS) is 10.8. The van der Waals surface area contributed by atoms with Crippen molar-refractivity contribution in [3.8, 4) is 0 Å². The molecule has 0 spiro atoms. The van der Waals surface area contributed by atoms with E-state index in [1.165, 1.54) is 12.1 Å². The van der Waals surface area contributed by atoms with Crippen LogP contribution in [0.25, 0.3) is 0 Å². The zero-order chi connectivity index (χ0) is 17.1. The van der Waals surface area contributed by atoms with Gasteiger partial charge in [-0.2, -0.15) is 0 Å². The van der Waals surface area contributed by atoms with Gasteiger partial charge in [-0.25, -0.2) is 4.39 Å². The van der Waals surface area contributed by atoms with Crippen LogP contribution in [0.1, 0.15) is 22.4 Å². The molecule has 0 aliphatic rings. The maximum Gasteiger partial charge on any atom is 0.185 e. The van der Waals surface area contributed by atoms with Crippen molar-refractivity contribution in [1.82, 2.24) is 4.57 Å². The van der Waals surface area contributed by atoms with Crippen molar-refractivity contribution in [2.75, 3.05) is 0 Å². The summed E-state index contributed by atoms with van der Waals surface area (Å²) in [7, 11) is 0. The van der Waals surface area contributed by atoms with Crippen molar-refractivity contribution in [2.24, 2.45) is 0 Å². The Morgan fingerprint density at radius 1 is 1.00 bits per heavy atom. The van der Waals surface area contributed by atoms with Crippen LogP contribution in [0.5, 0.6) is 0 Å². The van der Waals surface area contributed by atoms with Crippen LogP contribution in [0.4, 0.5) is 4.39 Å². The maximum atomic E-state index is 14.1. The van der Waals surface area contributed by atoms with Gasteiger partial charge in [0.15, 0.2) is 5.43 Å². The second kappa shape index (κ2) is 7.02. The SMILES string of the molecule is Cc1c(Cc2c(F)cccc2Cl)c(=O)ccn1Cc1ccccc1. The van der Waals surface area contributed by atoms with E-state index in [0.29, 0.717) is 22.7 Å². The van der Waals surface area contributed by atoms with E-state index in [0.717, 1.165) is 11.3 Å². The Morgan fingerprint density at radius 3 is 2.46 bits per heavy atom. The maximum absolute atomic E-state index is 14.1. The van der Waals surface area contributed by atoms with E-state index >= 15 is 0 Å². The first kappa shape index (κ1) is 16.5. The fourth-order valence-electron chi connectivity index (χ4n) is 2.77. The van der Waals surface area contributed by atoms with Crippen molar-refractivity contribution < 1.29 is 4.39 Å². The highest BCUT2D eigenvalue weighted by molar-refractivity contribution is 6.31. The van der Waals surface area contributed by atoms with Crippen molar-refractivity contribution in [1.29, 1.82) is 0 Å². The Bertz CT molecular complexity index is 898. The van der Waals surface area contributed by atoms with Crippen molar-refractivity contribution in [3.63, 3.8) is 0 Å². The highest BCUT2D eigenvalue weighted by Gasteiger charge is 2.13. The number of benzene rings is 2. The zero-order valence-electron chi connectivity index (χ0n) is 13.3. The van der Waals surface area contributed by atoms with Crippen molar-refractivity contribution >= 4 is 11.6 Å². The smallest absolute Gasteiger partial charge is 0.185 e. The number of hydrogen-bond acceptors (Lipinski definition) is 1. The van der Waals surface area contributed by atoms with Gasteiger partial charge in [-0.15, -0.1) is 0 Å². The molecule has 0 fully saturated rings. The second-order valence-electron chi connectivity index (χ2n) is 5.73. The molecule has 0 saturated carbocycles. The lowest BCUT2D eigenvalue weighted by Crippen LogP contribution is -2.18. The fraction of sp³-hybridized carbons (Fsp3) is 0.150. The number of hydrogen-bond donors (Lipinski definition) is 0. The molecule has 0 amide bonds. The minimum absolute atomic E-state index is 0.101. The largest absolute Gasteiger partial charge is 0.347 e. The summed E-state index contributed by atoms with van der Waals surface area (Å²) in [5.41, 5.74) is 2.79. The predicted molar refractivity (Wildman–Crippen MR) is 95.2 cm³/mol. The van der Waals surface area contributed by atoms with Gasteiger partial charge in [0, 0.05) is 47.1 Å². The Hall–Kier alpha value is -2.39. The summed E-state index contributed by atoms with van der Waals surface area (Å²) < 4.78 is 16.1. The quantitative estimate of drug-likeness (QED) is 0.680. The molecule has 24 heavy (non-hydrogen) atoms. The monoisotopic (exact) mass is 341 g/mol. The minimum Gasteiger partial charge on any atom is -0.347 e. The Balaban J connectivity index is 1.99. The van der Waals surface area contributed by atoms with Crippen LogP contribution in [0.15, 0.2) is 65.6 Å². The van der Waals surface area contributed by atoms with Gasteiger partial charge in [0.25, 0.3) is 0 Å². The van der Waals surface area contributed by atoms with Crippen molar-refractivity contribution in [2.45, 2.75) is 19.9 Å². The lowest BCUT2D eigenvalue weighted by molar-refractivity contribution is 0.613. The molecule has 1 heterocycles. The molecule has 3 aromatic rings. The van der Waals surface area contributed by atoms with Crippen LogP contribution in [0, 0.1) is 12.7 Å². The van der Waals surface area contributed by atoms with Gasteiger partial charge in [0.2, 0.25) is 0 Å². The molecular weight excluding hydrogens is 325 g/mol. The third-order valence-electron chi connectivity index (χ3n) is 4.18. The molecule has 4 heteroatoms. The number of nitrogens with zero attached hydrogens (tertiary/aromatic N) is 1. The first-order chi connectivity index (χ1) is 11.6. The lowest BCUT2D eigenvalue weighted by atomic mass is 10.0. The predicted octanol–water partition coefficient (Wildman–Crippen LogP) is 4.59. The standard InChI is InChI=1S/C20H17ClFNO/c1-14-16(12-17-18(21)8-5-9-19(17)22)20(24)10-11-23(14)13-15-6-3-2-4-7-15/h2-11H,12-13H2,1H3. The van der Waals surface area contributed by atoms with Gasteiger partial charge in [-0.3, -0.25) is 4.79 Å². The van der Waals surface area contributed by atoms with E-state index in [9.17, 15) is 9.18 Å². The highest BCUT2D eigenvalue weighted by atomic mass is 35.5. The number of rotatable bonds is 4. The molecule has 122 valence electrons. The number of halogens is 2. The average molecular weight is 342 g/mol. The molecule has 2 nitrogen and oxygen atoms in total. The van der Waals surface area contributed by atoms with E-state index < -0.39 is 0 Å². The first-order valence-corrected chi connectivity index (χ1v) is 8.10. The summed E-state index contributed by atoms with van der Waals surface area (Å²) in [6.07, 6.45) is 1.96. The van der Waals surface area contributed by atoms with Crippen LogP contribution in [0.3, 0.4) is 0 Å². The molecule has 0 radical (unpaired) electrons. The van der Waals surface area contributed by atoms with Gasteiger partial charge < -0.3 is 4.57 Å². The molecule has 2 aromatic carbocycles. The Morgan fingerprint density at radius 2 is 1.75 bits per heavy atom. The number of aromatic nitrogens is 1. The molecule has 3 rings (SSSR count). The summed E-state index contributed by atoms with van der Waals surface area (Å²) in [4.78, 5) is 12.3. The third-order valence-corrected chi connectivity index (χ3v) is 4.54. The van der Waals surface area contributed by atoms with Gasteiger partial charge in [0.05, 0.1) is 0 Å². The molecule has 1 aromatic heterocycles. The molecule has 0 N–H and O–H groups in total. The summed E-state index contributed by atoms with van der Waals surface area (Å²) in [5, 5.41) is 0.340. The molecule has 0 atom stereocenters. The lowest BCUT2D eigenvalue weighted by Gasteiger charge is -2.15. The van der Waals surface area contributed by atoms with E-state index in [-0.39, 0.29) is 17.7 Å². The van der Waals surface area contributed by atoms with Gasteiger partial charge in [-0.1, -0.05) is 48.0 Å². The van der Waals surface area contributed by atoms with Gasteiger partial charge in [0.1, 0.15) is 5.82 Å². The van der Waals surface area contributed by atoms with Gasteiger partial charge >= 0.3 is 0 Å². The van der Waals surface area contributed by atoms with Crippen LogP contribution in [-0.4, -0.2) is 4.57 Å². The Labute approximate surface area is 145 Å². The van der Waals surface area contributed by atoms with E-state index in [4.69, 9.17) is 11.6 Å². The average Bonchev–Trinajstić information content (AvgIpc) is 2.57. The molecule has 0 bridgehead atoms. The van der Waals surface area contributed by atoms with Gasteiger partial charge in [-0.05, 0) is 24.6 Å². The fourth-order valence-corrected chi connectivity index (χ4v) is 3.00. The van der Waals surface area contributed by atoms with Crippen molar-refractivity contribution in [3.05, 3.63) is 104 Å². The topological polar surface area (TPSA) is 22.0 Å². The van der Waals surface area contributed by atoms with Crippen LogP contribution < -0.4 is 5.43 Å². The highest BCUT2D eigenvalue weighted by Crippen LogP contribution is 2.22. The minimum atomic E-state index is -0.389. The Kier molecular flexibility index (Phi) is 4.81. The molecule has 0 unspecified atom stereocenters. The van der Waals surface area contributed by atoms with Crippen LogP contribution >= 0.6 is 11.6 Å². The second-order valence-corrected chi connectivity index (χ2v) is 6.14. The first-order valence-electron chi connectivity index (χ1n) is 7.72. The van der Waals surface area contributed by atoms with Crippen LogP contribution in [0.2, 0.25) is 5.02 Å². The summed E-state index contributed by atoms with van der Waals surface area (Å²) in [5.74, 6) is -0.389. The number of pyridine rings is 1. The zero-order valence-corrected chi connectivity index (χ0v) is 14.1. The summed E-state index contributed by atoms with van der Waals surface area (Å²) in [6, 6.07) is 16.1. The summed E-state index contributed by atoms with van der Waals surface area (Å²) >= 11 is 6.10. The third kappa shape index (κ3) is 3.41. The molecular formula is C20H17ClFNO.